The third kappa shape index (κ3) is 5.23. The molecule has 0 aliphatic rings. The van der Waals surface area contributed by atoms with Crippen LogP contribution >= 0.6 is 22.6 Å². The zero-order chi connectivity index (χ0) is 15.0. The Hall–Kier alpha value is -2.15. The molecule has 0 aliphatic heterocycles. The second-order valence-electron chi connectivity index (χ2n) is 3.35. The number of anilines is 1. The molecule has 0 unspecified atom stereocenters. The first-order valence-electron chi connectivity index (χ1n) is 5.53. The Morgan fingerprint density at radius 3 is 2.85 bits per heavy atom. The van der Waals surface area contributed by atoms with Crippen molar-refractivity contribution in [1.82, 2.24) is 10.3 Å². The highest BCUT2D eigenvalue weighted by Crippen LogP contribution is 2.07. The van der Waals surface area contributed by atoms with E-state index in [1.165, 1.54) is 6.20 Å². The van der Waals surface area contributed by atoms with Gasteiger partial charge in [-0.3, -0.25) is 10.1 Å². The number of nitriles is 1. The summed E-state index contributed by atoms with van der Waals surface area (Å²) in [7, 11) is 0. The number of amides is 2. The number of hydrogen-bond acceptors (Lipinski definition) is 6. The zero-order valence-corrected chi connectivity index (χ0v) is 12.7. The summed E-state index contributed by atoms with van der Waals surface area (Å²) in [5, 5.41) is 13.5. The van der Waals surface area contributed by atoms with E-state index in [1.807, 2.05) is 11.4 Å². The van der Waals surface area contributed by atoms with Crippen LogP contribution in [-0.4, -0.2) is 23.6 Å². The van der Waals surface area contributed by atoms with Crippen molar-refractivity contribution in [3.63, 3.8) is 0 Å². The maximum absolute atomic E-state index is 11.6. The first-order chi connectivity index (χ1) is 9.56. The quantitative estimate of drug-likeness (QED) is 0.465. The first kappa shape index (κ1) is 15.9. The Labute approximate surface area is 129 Å². The van der Waals surface area contributed by atoms with Crippen molar-refractivity contribution in [3.8, 4) is 6.07 Å². The van der Waals surface area contributed by atoms with Crippen molar-refractivity contribution < 1.29 is 14.3 Å². The first-order valence-corrected chi connectivity index (χ1v) is 6.61. The van der Waals surface area contributed by atoms with Gasteiger partial charge in [-0.05, 0) is 41.6 Å². The third-order valence-electron chi connectivity index (χ3n) is 1.95. The van der Waals surface area contributed by atoms with Gasteiger partial charge in [0, 0.05) is 16.0 Å². The Balaban J connectivity index is 2.68. The molecule has 0 aliphatic carbocycles. The van der Waals surface area contributed by atoms with Crippen LogP contribution in [0.25, 0.3) is 0 Å². The van der Waals surface area contributed by atoms with Crippen LogP contribution in [0, 0.1) is 14.9 Å². The molecule has 0 saturated heterocycles. The zero-order valence-electron chi connectivity index (χ0n) is 10.5. The van der Waals surface area contributed by atoms with E-state index in [0.717, 1.165) is 3.57 Å². The number of ether oxygens (including phenoxy) is 1. The second kappa shape index (κ2) is 8.11. The predicted octanol–water partition coefficient (Wildman–Crippen LogP) is 1.78. The lowest BCUT2D eigenvalue weighted by molar-refractivity contribution is -0.116. The minimum absolute atomic E-state index is 0.134. The molecule has 1 aromatic heterocycles. The lowest BCUT2D eigenvalue weighted by Crippen LogP contribution is -2.32. The fourth-order valence-corrected chi connectivity index (χ4v) is 1.40. The number of carbonyl (C=O) groups is 2. The van der Waals surface area contributed by atoms with E-state index in [2.05, 4.69) is 37.6 Å². The Morgan fingerprint density at radius 1 is 1.55 bits per heavy atom. The van der Waals surface area contributed by atoms with Crippen LogP contribution in [0.5, 0.6) is 0 Å². The van der Waals surface area contributed by atoms with Gasteiger partial charge in [0.2, 0.25) is 0 Å². The van der Waals surface area contributed by atoms with Gasteiger partial charge in [-0.1, -0.05) is 0 Å². The lowest BCUT2D eigenvalue weighted by Gasteiger charge is -2.04. The summed E-state index contributed by atoms with van der Waals surface area (Å²) in [5.41, 5.74) is -0.265. The summed E-state index contributed by atoms with van der Waals surface area (Å²) >= 11 is 2.10. The van der Waals surface area contributed by atoms with Crippen molar-refractivity contribution in [2.24, 2.45) is 0 Å². The monoisotopic (exact) mass is 386 g/mol. The van der Waals surface area contributed by atoms with Crippen LogP contribution in [0.2, 0.25) is 0 Å². The molecule has 7 nitrogen and oxygen atoms in total. The Kier molecular flexibility index (Phi) is 6.45. The van der Waals surface area contributed by atoms with E-state index in [9.17, 15) is 9.59 Å². The highest BCUT2D eigenvalue weighted by Gasteiger charge is 2.13. The second-order valence-corrected chi connectivity index (χ2v) is 4.60. The fourth-order valence-electron chi connectivity index (χ4n) is 1.08. The molecule has 0 fully saturated rings. The van der Waals surface area contributed by atoms with Crippen molar-refractivity contribution in [3.05, 3.63) is 33.7 Å². The molecule has 104 valence electrons. The lowest BCUT2D eigenvalue weighted by atomic mass is 10.3. The third-order valence-corrected chi connectivity index (χ3v) is 2.59. The SMILES string of the molecule is CCOC(=O)NC(=O)C(C#N)=CNc1ccc(I)cn1. The molecular weight excluding hydrogens is 375 g/mol. The number of aromatic nitrogens is 1. The molecular formula is C12H11IN4O3. The maximum atomic E-state index is 11.6. The van der Waals surface area contributed by atoms with Crippen molar-refractivity contribution in [1.29, 1.82) is 5.26 Å². The highest BCUT2D eigenvalue weighted by atomic mass is 127. The molecule has 0 saturated carbocycles. The van der Waals surface area contributed by atoms with Gasteiger partial charge in [0.1, 0.15) is 17.5 Å². The normalized spacial score (nSPS) is 10.3. The van der Waals surface area contributed by atoms with Gasteiger partial charge in [0.05, 0.1) is 6.61 Å². The minimum Gasteiger partial charge on any atom is -0.450 e. The number of alkyl carbamates (subject to hydrolysis) is 1. The predicted molar refractivity (Wildman–Crippen MR) is 79.4 cm³/mol. The molecule has 0 aromatic carbocycles. The van der Waals surface area contributed by atoms with Gasteiger partial charge in [0.15, 0.2) is 0 Å². The summed E-state index contributed by atoms with van der Waals surface area (Å²) in [5.74, 6) is -0.369. The number of imide groups is 1. The number of nitrogens with one attached hydrogen (secondary N) is 2. The van der Waals surface area contributed by atoms with Crippen LogP contribution in [0.4, 0.5) is 10.6 Å². The van der Waals surface area contributed by atoms with Gasteiger partial charge in [0.25, 0.3) is 5.91 Å². The van der Waals surface area contributed by atoms with E-state index in [0.29, 0.717) is 5.82 Å². The summed E-state index contributed by atoms with van der Waals surface area (Å²) in [6, 6.07) is 5.19. The maximum Gasteiger partial charge on any atom is 0.414 e. The largest absolute Gasteiger partial charge is 0.450 e. The summed E-state index contributed by atoms with van der Waals surface area (Å²) in [6.07, 6.45) is 1.90. The van der Waals surface area contributed by atoms with Gasteiger partial charge in [-0.2, -0.15) is 5.26 Å². The molecule has 1 rings (SSSR count). The minimum atomic E-state index is -0.897. The highest BCUT2D eigenvalue weighted by molar-refractivity contribution is 14.1. The summed E-state index contributed by atoms with van der Waals surface area (Å²) in [4.78, 5) is 26.7. The van der Waals surface area contributed by atoms with Gasteiger partial charge in [-0.25, -0.2) is 9.78 Å². The smallest absolute Gasteiger partial charge is 0.414 e. The molecule has 1 aromatic rings. The average molecular weight is 386 g/mol. The van der Waals surface area contributed by atoms with Crippen LogP contribution in [0.1, 0.15) is 6.92 Å². The molecule has 0 radical (unpaired) electrons. The van der Waals surface area contributed by atoms with Crippen molar-refractivity contribution in [2.45, 2.75) is 6.92 Å². The van der Waals surface area contributed by atoms with Crippen LogP contribution < -0.4 is 10.6 Å². The van der Waals surface area contributed by atoms with E-state index in [4.69, 9.17) is 5.26 Å². The number of hydrogen-bond donors (Lipinski definition) is 2. The number of rotatable bonds is 4. The molecule has 2 amide bonds. The Morgan fingerprint density at radius 2 is 2.30 bits per heavy atom. The van der Waals surface area contributed by atoms with E-state index < -0.39 is 12.0 Å². The number of carbonyl (C=O) groups excluding carboxylic acids is 2. The molecule has 0 atom stereocenters. The van der Waals surface area contributed by atoms with E-state index in [1.54, 1.807) is 25.3 Å². The summed E-state index contributed by atoms with van der Waals surface area (Å²) < 4.78 is 5.50. The van der Waals surface area contributed by atoms with Crippen LogP contribution in [-0.2, 0) is 9.53 Å². The molecule has 0 bridgehead atoms. The summed E-state index contributed by atoms with van der Waals surface area (Å²) in [6.45, 7) is 1.74. The number of halogens is 1. The topological polar surface area (TPSA) is 104 Å². The molecule has 0 spiro atoms. The fraction of sp³-hybridized carbons (Fsp3) is 0.167. The Bertz CT molecular complexity index is 563. The molecule has 8 heteroatoms. The van der Waals surface area contributed by atoms with Crippen LogP contribution in [0.3, 0.4) is 0 Å². The van der Waals surface area contributed by atoms with E-state index >= 15 is 0 Å². The standard InChI is InChI=1S/C12H11IN4O3/c1-2-20-12(19)17-11(18)8(5-14)6-15-10-4-3-9(13)7-16-10/h3-4,6-7H,2H2,1H3,(H,15,16)(H,17,18,19). The molecule has 2 N–H and O–H groups in total. The van der Waals surface area contributed by atoms with Gasteiger partial charge < -0.3 is 10.1 Å². The molecule has 20 heavy (non-hydrogen) atoms. The van der Waals surface area contributed by atoms with E-state index in [-0.39, 0.29) is 12.2 Å². The van der Waals surface area contributed by atoms with Crippen molar-refractivity contribution in [2.75, 3.05) is 11.9 Å². The van der Waals surface area contributed by atoms with Gasteiger partial charge in [-0.15, -0.1) is 0 Å². The number of nitrogens with zero attached hydrogens (tertiary/aromatic N) is 2. The number of pyridine rings is 1. The molecule has 1 heterocycles. The van der Waals surface area contributed by atoms with Crippen molar-refractivity contribution >= 4 is 40.4 Å². The van der Waals surface area contributed by atoms with Crippen LogP contribution in [0.15, 0.2) is 30.1 Å². The van der Waals surface area contributed by atoms with Gasteiger partial charge >= 0.3 is 6.09 Å². The average Bonchev–Trinajstić information content (AvgIpc) is 2.41.